The zero-order valence-corrected chi connectivity index (χ0v) is 13.7. The number of ether oxygens (including phenoxy) is 3. The van der Waals surface area contributed by atoms with Crippen LogP contribution in [-0.4, -0.2) is 25.2 Å². The number of esters is 2. The highest BCUT2D eigenvalue weighted by atomic mass is 16.5. The summed E-state index contributed by atoms with van der Waals surface area (Å²) in [5.41, 5.74) is 0. The van der Waals surface area contributed by atoms with Crippen molar-refractivity contribution in [3.8, 4) is 11.5 Å². The fourth-order valence-electron chi connectivity index (χ4n) is 1.61. The summed E-state index contributed by atoms with van der Waals surface area (Å²) >= 11 is 0. The second-order valence-corrected chi connectivity index (χ2v) is 5.13. The Labute approximate surface area is 137 Å². The van der Waals surface area contributed by atoms with E-state index in [1.807, 2.05) is 13.8 Å². The lowest BCUT2D eigenvalue weighted by atomic mass is 10.1. The SMILES string of the molecule is C=CC(=O)OCCCCOc1ccc(OC(=O)C(C)CC)cc1. The first-order chi connectivity index (χ1) is 11.1. The molecule has 0 aliphatic heterocycles. The lowest BCUT2D eigenvalue weighted by Crippen LogP contribution is -2.16. The van der Waals surface area contributed by atoms with E-state index in [2.05, 4.69) is 6.58 Å². The molecule has 0 spiro atoms. The Morgan fingerprint density at radius 2 is 1.74 bits per heavy atom. The minimum absolute atomic E-state index is 0.110. The molecule has 1 unspecified atom stereocenters. The van der Waals surface area contributed by atoms with Gasteiger partial charge in [0.15, 0.2) is 0 Å². The third-order valence-corrected chi connectivity index (χ3v) is 3.28. The summed E-state index contributed by atoms with van der Waals surface area (Å²) in [6, 6.07) is 6.94. The Kier molecular flexibility index (Phi) is 8.50. The van der Waals surface area contributed by atoms with Crippen molar-refractivity contribution in [2.45, 2.75) is 33.1 Å². The largest absolute Gasteiger partial charge is 0.494 e. The van der Waals surface area contributed by atoms with Gasteiger partial charge in [0.1, 0.15) is 11.5 Å². The molecule has 0 aromatic heterocycles. The summed E-state index contributed by atoms with van der Waals surface area (Å²) in [5.74, 6) is 0.472. The smallest absolute Gasteiger partial charge is 0.330 e. The maximum Gasteiger partial charge on any atom is 0.330 e. The van der Waals surface area contributed by atoms with E-state index in [1.165, 1.54) is 0 Å². The molecule has 1 atom stereocenters. The van der Waals surface area contributed by atoms with Crippen molar-refractivity contribution in [2.24, 2.45) is 5.92 Å². The lowest BCUT2D eigenvalue weighted by Gasteiger charge is -2.10. The first-order valence-electron chi connectivity index (χ1n) is 7.80. The summed E-state index contributed by atoms with van der Waals surface area (Å²) in [7, 11) is 0. The van der Waals surface area contributed by atoms with Crippen molar-refractivity contribution in [2.75, 3.05) is 13.2 Å². The molecule has 0 aliphatic carbocycles. The van der Waals surface area contributed by atoms with E-state index in [0.29, 0.717) is 24.7 Å². The number of rotatable bonds is 10. The van der Waals surface area contributed by atoms with Gasteiger partial charge in [-0.25, -0.2) is 4.79 Å². The lowest BCUT2D eigenvalue weighted by molar-refractivity contribution is -0.139. The fraction of sp³-hybridized carbons (Fsp3) is 0.444. The van der Waals surface area contributed by atoms with E-state index < -0.39 is 5.97 Å². The molecule has 0 radical (unpaired) electrons. The molecule has 0 bridgehead atoms. The number of carbonyl (C=O) groups is 2. The summed E-state index contributed by atoms with van der Waals surface area (Å²) in [5, 5.41) is 0. The quantitative estimate of drug-likeness (QED) is 0.286. The standard InChI is InChI=1S/C18H24O5/c1-4-14(3)18(20)23-16-10-8-15(9-11-16)21-12-6-7-13-22-17(19)5-2/h5,8-11,14H,2,4,6-7,12-13H2,1,3H3. The molecule has 0 saturated carbocycles. The molecule has 0 fully saturated rings. The number of hydrogen-bond donors (Lipinski definition) is 0. The van der Waals surface area contributed by atoms with Gasteiger partial charge in [0, 0.05) is 6.08 Å². The van der Waals surface area contributed by atoms with E-state index in [0.717, 1.165) is 25.3 Å². The van der Waals surface area contributed by atoms with E-state index >= 15 is 0 Å². The molecule has 1 aromatic carbocycles. The van der Waals surface area contributed by atoms with Crippen LogP contribution in [0.3, 0.4) is 0 Å². The number of hydrogen-bond acceptors (Lipinski definition) is 5. The van der Waals surface area contributed by atoms with Gasteiger partial charge in [0.25, 0.3) is 0 Å². The monoisotopic (exact) mass is 320 g/mol. The molecule has 1 rings (SSSR count). The summed E-state index contributed by atoms with van der Waals surface area (Å²) in [6.07, 6.45) is 3.40. The Hall–Kier alpha value is -2.30. The van der Waals surface area contributed by atoms with E-state index in [9.17, 15) is 9.59 Å². The highest BCUT2D eigenvalue weighted by molar-refractivity contribution is 5.81. The van der Waals surface area contributed by atoms with Crippen LogP contribution in [0.1, 0.15) is 33.1 Å². The van der Waals surface area contributed by atoms with Crippen LogP contribution in [0.15, 0.2) is 36.9 Å². The first kappa shape index (κ1) is 18.7. The van der Waals surface area contributed by atoms with Gasteiger partial charge in [-0.1, -0.05) is 20.4 Å². The average molecular weight is 320 g/mol. The fourth-order valence-corrected chi connectivity index (χ4v) is 1.61. The average Bonchev–Trinajstić information content (AvgIpc) is 2.58. The number of carbonyl (C=O) groups excluding carboxylic acids is 2. The Balaban J connectivity index is 2.25. The van der Waals surface area contributed by atoms with Crippen molar-refractivity contribution < 1.29 is 23.8 Å². The van der Waals surface area contributed by atoms with Crippen molar-refractivity contribution in [1.82, 2.24) is 0 Å². The molecular weight excluding hydrogens is 296 g/mol. The third-order valence-electron chi connectivity index (χ3n) is 3.28. The van der Waals surface area contributed by atoms with Crippen molar-refractivity contribution in [3.05, 3.63) is 36.9 Å². The Morgan fingerprint density at radius 1 is 1.13 bits per heavy atom. The zero-order valence-electron chi connectivity index (χ0n) is 13.7. The highest BCUT2D eigenvalue weighted by Gasteiger charge is 2.12. The van der Waals surface area contributed by atoms with E-state index in [4.69, 9.17) is 14.2 Å². The van der Waals surface area contributed by atoms with Crippen LogP contribution in [0.25, 0.3) is 0 Å². The van der Waals surface area contributed by atoms with Crippen LogP contribution in [0.4, 0.5) is 0 Å². The molecule has 126 valence electrons. The summed E-state index contributed by atoms with van der Waals surface area (Å²) < 4.78 is 15.7. The molecular formula is C18H24O5. The minimum Gasteiger partial charge on any atom is -0.494 e. The molecule has 0 aliphatic rings. The van der Waals surface area contributed by atoms with E-state index in [1.54, 1.807) is 24.3 Å². The van der Waals surface area contributed by atoms with Crippen molar-refractivity contribution in [3.63, 3.8) is 0 Å². The maximum absolute atomic E-state index is 11.7. The molecule has 0 heterocycles. The first-order valence-corrected chi connectivity index (χ1v) is 7.80. The molecule has 0 amide bonds. The van der Waals surface area contributed by atoms with E-state index in [-0.39, 0.29) is 11.9 Å². The van der Waals surface area contributed by atoms with Gasteiger partial charge >= 0.3 is 11.9 Å². The molecule has 0 N–H and O–H groups in total. The van der Waals surface area contributed by atoms with Gasteiger partial charge in [0.05, 0.1) is 19.1 Å². The molecule has 0 saturated heterocycles. The second-order valence-electron chi connectivity index (χ2n) is 5.13. The van der Waals surface area contributed by atoms with Gasteiger partial charge in [-0.05, 0) is 43.5 Å². The van der Waals surface area contributed by atoms with Crippen LogP contribution in [0, 0.1) is 5.92 Å². The number of benzene rings is 1. The predicted molar refractivity (Wildman–Crippen MR) is 87.4 cm³/mol. The van der Waals surface area contributed by atoms with Crippen LogP contribution in [0.2, 0.25) is 0 Å². The molecule has 5 nitrogen and oxygen atoms in total. The zero-order chi connectivity index (χ0) is 17.1. The minimum atomic E-state index is -0.409. The second kappa shape index (κ2) is 10.4. The van der Waals surface area contributed by atoms with Gasteiger partial charge in [-0.2, -0.15) is 0 Å². The van der Waals surface area contributed by atoms with Gasteiger partial charge in [0.2, 0.25) is 0 Å². The van der Waals surface area contributed by atoms with Crippen LogP contribution in [0.5, 0.6) is 11.5 Å². The summed E-state index contributed by atoms with van der Waals surface area (Å²) in [4.78, 5) is 22.5. The maximum atomic E-state index is 11.7. The van der Waals surface area contributed by atoms with Crippen molar-refractivity contribution >= 4 is 11.9 Å². The molecule has 23 heavy (non-hydrogen) atoms. The third kappa shape index (κ3) is 7.49. The molecule has 5 heteroatoms. The Morgan fingerprint density at radius 3 is 2.35 bits per heavy atom. The Bertz CT molecular complexity index is 507. The van der Waals surface area contributed by atoms with Crippen LogP contribution < -0.4 is 9.47 Å². The van der Waals surface area contributed by atoms with Gasteiger partial charge in [-0.3, -0.25) is 4.79 Å². The summed E-state index contributed by atoms with van der Waals surface area (Å²) in [6.45, 7) is 7.99. The topological polar surface area (TPSA) is 61.8 Å². The van der Waals surface area contributed by atoms with Crippen molar-refractivity contribution in [1.29, 1.82) is 0 Å². The van der Waals surface area contributed by atoms with Gasteiger partial charge < -0.3 is 14.2 Å². The predicted octanol–water partition coefficient (Wildman–Crippen LogP) is 3.53. The number of unbranched alkanes of at least 4 members (excludes halogenated alkanes) is 1. The highest BCUT2D eigenvalue weighted by Crippen LogP contribution is 2.19. The van der Waals surface area contributed by atoms with Gasteiger partial charge in [-0.15, -0.1) is 0 Å². The normalized spacial score (nSPS) is 11.4. The van der Waals surface area contributed by atoms with Crippen LogP contribution >= 0.6 is 0 Å². The molecule has 1 aromatic rings. The van der Waals surface area contributed by atoms with Crippen LogP contribution in [-0.2, 0) is 14.3 Å².